The van der Waals surface area contributed by atoms with Crippen molar-refractivity contribution in [2.24, 2.45) is 0 Å². The molecule has 4 heteroatoms. The lowest BCUT2D eigenvalue weighted by Crippen LogP contribution is -2.28. The third kappa shape index (κ3) is 3.90. The zero-order valence-electron chi connectivity index (χ0n) is 8.89. The predicted octanol–water partition coefficient (Wildman–Crippen LogP) is 3.37. The summed E-state index contributed by atoms with van der Waals surface area (Å²) in [5.74, 6) is 0.634. The van der Waals surface area contributed by atoms with Gasteiger partial charge in [0.25, 0.3) is 0 Å². The smallest absolute Gasteiger partial charge is 0.139 e. The molecule has 0 aliphatic heterocycles. The topological polar surface area (TPSA) is 21.3 Å². The van der Waals surface area contributed by atoms with E-state index in [9.17, 15) is 0 Å². The molecule has 0 saturated heterocycles. The Kier molecular flexibility index (Phi) is 5.23. The summed E-state index contributed by atoms with van der Waals surface area (Å²) in [6.07, 6.45) is 0.0703. The number of likely N-dealkylation sites (N-methyl/N-ethyl adjacent to an activating group) is 1. The van der Waals surface area contributed by atoms with Gasteiger partial charge >= 0.3 is 0 Å². The number of rotatable bonds is 5. The molecule has 84 valence electrons. The highest BCUT2D eigenvalue weighted by atomic mass is 35.5. The lowest BCUT2D eigenvalue weighted by atomic mass is 10.3. The first-order chi connectivity index (χ1) is 7.15. The molecule has 0 aliphatic carbocycles. The molecular weight excluding hydrogens is 233 g/mol. The Hall–Kier alpha value is -0.440. The van der Waals surface area contributed by atoms with Crippen LogP contribution in [0.3, 0.4) is 0 Å². The van der Waals surface area contributed by atoms with Gasteiger partial charge in [-0.05, 0) is 25.6 Å². The number of benzene rings is 1. The molecule has 0 spiro atoms. The summed E-state index contributed by atoms with van der Waals surface area (Å²) in [6.45, 7) is 5.76. The summed E-state index contributed by atoms with van der Waals surface area (Å²) in [5.41, 5.74) is 0. The monoisotopic (exact) mass is 247 g/mol. The summed E-state index contributed by atoms with van der Waals surface area (Å²) >= 11 is 11.9. The Morgan fingerprint density at radius 1 is 1.40 bits per heavy atom. The summed E-state index contributed by atoms with van der Waals surface area (Å²) in [7, 11) is 0. The van der Waals surface area contributed by atoms with E-state index in [-0.39, 0.29) is 6.10 Å². The normalized spacial score (nSPS) is 12.5. The summed E-state index contributed by atoms with van der Waals surface area (Å²) in [5, 5.41) is 4.19. The molecule has 0 aliphatic rings. The second-order valence-electron chi connectivity index (χ2n) is 3.29. The molecule has 0 aromatic heterocycles. The van der Waals surface area contributed by atoms with E-state index in [1.807, 2.05) is 19.1 Å². The molecule has 1 rings (SSSR count). The molecule has 0 heterocycles. The second-order valence-corrected chi connectivity index (χ2v) is 4.07. The number of hydrogen-bond donors (Lipinski definition) is 1. The molecule has 1 aromatic carbocycles. The maximum absolute atomic E-state index is 5.99. The maximum atomic E-state index is 5.99. The molecule has 1 unspecified atom stereocenters. The van der Waals surface area contributed by atoms with E-state index in [0.29, 0.717) is 15.8 Å². The lowest BCUT2D eigenvalue weighted by molar-refractivity contribution is 0.218. The van der Waals surface area contributed by atoms with Gasteiger partial charge in [-0.2, -0.15) is 0 Å². The Morgan fingerprint density at radius 2 is 2.13 bits per heavy atom. The van der Waals surface area contributed by atoms with Crippen LogP contribution in [0.5, 0.6) is 5.75 Å². The van der Waals surface area contributed by atoms with Gasteiger partial charge in [0.2, 0.25) is 0 Å². The van der Waals surface area contributed by atoms with Crippen molar-refractivity contribution in [1.29, 1.82) is 0 Å². The van der Waals surface area contributed by atoms with Gasteiger partial charge < -0.3 is 10.1 Å². The van der Waals surface area contributed by atoms with Crippen LogP contribution in [-0.2, 0) is 0 Å². The van der Waals surface area contributed by atoms with Gasteiger partial charge in [-0.3, -0.25) is 0 Å². The van der Waals surface area contributed by atoms with Crippen molar-refractivity contribution in [3.63, 3.8) is 0 Å². The van der Waals surface area contributed by atoms with Crippen LogP contribution in [0.4, 0.5) is 0 Å². The number of halogens is 2. The van der Waals surface area contributed by atoms with Crippen LogP contribution in [0, 0.1) is 0 Å². The zero-order chi connectivity index (χ0) is 11.3. The first kappa shape index (κ1) is 12.6. The van der Waals surface area contributed by atoms with Crippen molar-refractivity contribution in [2.75, 3.05) is 13.1 Å². The highest BCUT2D eigenvalue weighted by molar-refractivity contribution is 6.42. The lowest BCUT2D eigenvalue weighted by Gasteiger charge is -2.16. The first-order valence-corrected chi connectivity index (χ1v) is 5.72. The minimum Gasteiger partial charge on any atom is -0.488 e. The van der Waals surface area contributed by atoms with Crippen molar-refractivity contribution in [3.8, 4) is 5.75 Å². The molecule has 1 N–H and O–H groups in total. The van der Waals surface area contributed by atoms with Crippen LogP contribution in [0.25, 0.3) is 0 Å². The first-order valence-electron chi connectivity index (χ1n) is 4.96. The minimum absolute atomic E-state index is 0.0703. The molecule has 1 atom stereocenters. The Bertz CT molecular complexity index is 317. The van der Waals surface area contributed by atoms with Gasteiger partial charge in [0.1, 0.15) is 16.9 Å². The summed E-state index contributed by atoms with van der Waals surface area (Å²) in [4.78, 5) is 0. The van der Waals surface area contributed by atoms with Gasteiger partial charge in [0, 0.05) is 6.54 Å². The summed E-state index contributed by atoms with van der Waals surface area (Å²) in [6, 6.07) is 5.38. The van der Waals surface area contributed by atoms with Crippen molar-refractivity contribution in [2.45, 2.75) is 20.0 Å². The predicted molar refractivity (Wildman–Crippen MR) is 65.1 cm³/mol. The maximum Gasteiger partial charge on any atom is 0.139 e. The van der Waals surface area contributed by atoms with Crippen molar-refractivity contribution >= 4 is 23.2 Å². The molecule has 0 bridgehead atoms. The Balaban J connectivity index is 2.60. The van der Waals surface area contributed by atoms with E-state index in [1.165, 1.54) is 0 Å². The number of ether oxygens (including phenoxy) is 1. The largest absolute Gasteiger partial charge is 0.488 e. The number of nitrogens with one attached hydrogen (secondary N) is 1. The fourth-order valence-corrected chi connectivity index (χ4v) is 1.52. The van der Waals surface area contributed by atoms with Crippen molar-refractivity contribution in [1.82, 2.24) is 5.32 Å². The highest BCUT2D eigenvalue weighted by Gasteiger charge is 2.08. The standard InChI is InChI=1S/C11H15Cl2NO/c1-3-14-7-8(2)15-10-6-4-5-9(12)11(10)13/h4-6,8,14H,3,7H2,1-2H3. The van der Waals surface area contributed by atoms with Crippen LogP contribution >= 0.6 is 23.2 Å². The fraction of sp³-hybridized carbons (Fsp3) is 0.455. The van der Waals surface area contributed by atoms with Crippen LogP contribution in [0.2, 0.25) is 10.0 Å². The van der Waals surface area contributed by atoms with Gasteiger partial charge in [-0.15, -0.1) is 0 Å². The molecule has 0 amide bonds. The average Bonchev–Trinajstić information content (AvgIpc) is 2.22. The van der Waals surface area contributed by atoms with E-state index >= 15 is 0 Å². The molecule has 0 fully saturated rings. The second kappa shape index (κ2) is 6.21. The minimum atomic E-state index is 0.0703. The van der Waals surface area contributed by atoms with Gasteiger partial charge in [-0.1, -0.05) is 36.2 Å². The quantitative estimate of drug-likeness (QED) is 0.862. The van der Waals surface area contributed by atoms with E-state index < -0.39 is 0 Å². The number of hydrogen-bond acceptors (Lipinski definition) is 2. The van der Waals surface area contributed by atoms with Crippen molar-refractivity contribution < 1.29 is 4.74 Å². The van der Waals surface area contributed by atoms with Crippen LogP contribution in [-0.4, -0.2) is 19.2 Å². The van der Waals surface area contributed by atoms with Gasteiger partial charge in [-0.25, -0.2) is 0 Å². The molecule has 0 radical (unpaired) electrons. The fourth-order valence-electron chi connectivity index (χ4n) is 1.18. The molecule has 15 heavy (non-hydrogen) atoms. The van der Waals surface area contributed by atoms with Gasteiger partial charge in [0.05, 0.1) is 5.02 Å². The summed E-state index contributed by atoms with van der Waals surface area (Å²) < 4.78 is 5.65. The van der Waals surface area contributed by atoms with Gasteiger partial charge in [0.15, 0.2) is 0 Å². The van der Waals surface area contributed by atoms with Crippen LogP contribution in [0.1, 0.15) is 13.8 Å². The van der Waals surface area contributed by atoms with E-state index in [0.717, 1.165) is 13.1 Å². The van der Waals surface area contributed by atoms with Crippen LogP contribution in [0.15, 0.2) is 18.2 Å². The van der Waals surface area contributed by atoms with E-state index in [1.54, 1.807) is 6.07 Å². The van der Waals surface area contributed by atoms with Crippen LogP contribution < -0.4 is 10.1 Å². The SMILES string of the molecule is CCNCC(C)Oc1cccc(Cl)c1Cl. The van der Waals surface area contributed by atoms with E-state index in [4.69, 9.17) is 27.9 Å². The molecular formula is C11H15Cl2NO. The van der Waals surface area contributed by atoms with E-state index in [2.05, 4.69) is 12.2 Å². The average molecular weight is 248 g/mol. The molecule has 2 nitrogen and oxygen atoms in total. The third-order valence-electron chi connectivity index (χ3n) is 1.93. The Labute approximate surface area is 101 Å². The Morgan fingerprint density at radius 3 is 2.80 bits per heavy atom. The molecule has 0 saturated carbocycles. The van der Waals surface area contributed by atoms with Crippen molar-refractivity contribution in [3.05, 3.63) is 28.2 Å². The zero-order valence-corrected chi connectivity index (χ0v) is 10.4. The molecule has 1 aromatic rings. The third-order valence-corrected chi connectivity index (χ3v) is 2.73. The highest BCUT2D eigenvalue weighted by Crippen LogP contribution is 2.31.